The van der Waals surface area contributed by atoms with E-state index in [2.05, 4.69) is 22.3 Å². The number of benzene rings is 2. The molecule has 2 aromatic carbocycles. The summed E-state index contributed by atoms with van der Waals surface area (Å²) in [7, 11) is 0. The highest BCUT2D eigenvalue weighted by atomic mass is 19.1. The number of rotatable bonds is 4. The second-order valence-electron chi connectivity index (χ2n) is 7.76. The molecule has 1 aliphatic heterocycles. The molecule has 1 unspecified atom stereocenters. The van der Waals surface area contributed by atoms with Gasteiger partial charge in [0.15, 0.2) is 0 Å². The number of aryl methyl sites for hydroxylation is 1. The summed E-state index contributed by atoms with van der Waals surface area (Å²) in [5.41, 5.74) is 10.0. The van der Waals surface area contributed by atoms with Gasteiger partial charge in [-0.3, -0.25) is 0 Å². The number of carbonyl (C=O) groups excluding carboxylic acids is 1. The van der Waals surface area contributed by atoms with Crippen LogP contribution in [0.3, 0.4) is 0 Å². The Morgan fingerprint density at radius 1 is 1.11 bits per heavy atom. The van der Waals surface area contributed by atoms with Crippen LogP contribution >= 0.6 is 0 Å². The van der Waals surface area contributed by atoms with Crippen molar-refractivity contribution in [2.75, 3.05) is 25.0 Å². The number of nitrogens with two attached hydrogens (primary N) is 1. The summed E-state index contributed by atoms with van der Waals surface area (Å²) in [6.07, 6.45) is 4.50. The first kappa shape index (κ1) is 18.0. The van der Waals surface area contributed by atoms with E-state index in [1.807, 2.05) is 18.2 Å². The van der Waals surface area contributed by atoms with E-state index in [0.29, 0.717) is 11.8 Å². The van der Waals surface area contributed by atoms with Crippen molar-refractivity contribution >= 4 is 11.7 Å². The Kier molecular flexibility index (Phi) is 5.12. The lowest BCUT2D eigenvalue weighted by Gasteiger charge is -2.34. The summed E-state index contributed by atoms with van der Waals surface area (Å²) in [6, 6.07) is 12.6. The number of piperidine rings is 1. The van der Waals surface area contributed by atoms with Crippen molar-refractivity contribution < 1.29 is 9.18 Å². The van der Waals surface area contributed by atoms with Crippen molar-refractivity contribution in [3.63, 3.8) is 0 Å². The zero-order valence-corrected chi connectivity index (χ0v) is 15.5. The number of primary amides is 1. The summed E-state index contributed by atoms with van der Waals surface area (Å²) in [5, 5.41) is 2.69. The molecule has 142 valence electrons. The van der Waals surface area contributed by atoms with Gasteiger partial charge in [-0.05, 0) is 91.6 Å². The van der Waals surface area contributed by atoms with Gasteiger partial charge < -0.3 is 16.0 Å². The molecule has 1 saturated heterocycles. The Hall–Kier alpha value is -2.40. The van der Waals surface area contributed by atoms with E-state index in [1.165, 1.54) is 16.7 Å². The van der Waals surface area contributed by atoms with Gasteiger partial charge in [0.1, 0.15) is 5.82 Å². The van der Waals surface area contributed by atoms with Crippen LogP contribution in [0.4, 0.5) is 14.9 Å². The fraction of sp³-hybridized carbons (Fsp3) is 0.409. The summed E-state index contributed by atoms with van der Waals surface area (Å²) < 4.78 is 13.1. The van der Waals surface area contributed by atoms with Crippen LogP contribution in [0, 0.1) is 5.82 Å². The molecule has 1 fully saturated rings. The second kappa shape index (κ2) is 7.69. The monoisotopic (exact) mass is 367 g/mol. The number of urea groups is 1. The molecule has 1 aliphatic carbocycles. The number of nitrogens with one attached hydrogen (secondary N) is 1. The van der Waals surface area contributed by atoms with E-state index in [1.54, 1.807) is 12.1 Å². The van der Waals surface area contributed by atoms with Gasteiger partial charge in [-0.25, -0.2) is 9.18 Å². The first-order chi connectivity index (χ1) is 13.1. The van der Waals surface area contributed by atoms with Gasteiger partial charge in [0.05, 0.1) is 0 Å². The van der Waals surface area contributed by atoms with E-state index in [4.69, 9.17) is 5.73 Å². The van der Waals surface area contributed by atoms with Crippen LogP contribution in [0.5, 0.6) is 0 Å². The van der Waals surface area contributed by atoms with E-state index < -0.39 is 6.03 Å². The van der Waals surface area contributed by atoms with E-state index >= 15 is 0 Å². The number of carbonyl (C=O) groups is 1. The maximum atomic E-state index is 13.1. The molecule has 0 spiro atoms. The molecule has 2 aromatic rings. The Morgan fingerprint density at radius 2 is 1.85 bits per heavy atom. The Morgan fingerprint density at radius 3 is 2.56 bits per heavy atom. The molecule has 0 bridgehead atoms. The Labute approximate surface area is 159 Å². The summed E-state index contributed by atoms with van der Waals surface area (Å²) in [5.74, 6) is 0.877. The third kappa shape index (κ3) is 4.14. The van der Waals surface area contributed by atoms with Crippen LogP contribution in [0.15, 0.2) is 42.5 Å². The zero-order valence-electron chi connectivity index (χ0n) is 15.5. The normalized spacial score (nSPS) is 20.4. The van der Waals surface area contributed by atoms with Gasteiger partial charge >= 0.3 is 6.03 Å². The van der Waals surface area contributed by atoms with Crippen LogP contribution in [0.25, 0.3) is 0 Å². The van der Waals surface area contributed by atoms with Crippen LogP contribution in [0.2, 0.25) is 0 Å². The van der Waals surface area contributed by atoms with Crippen molar-refractivity contribution in [2.24, 2.45) is 5.73 Å². The molecule has 2 aliphatic rings. The minimum absolute atomic E-state index is 0.165. The predicted octanol–water partition coefficient (Wildman–Crippen LogP) is 4.23. The average molecular weight is 367 g/mol. The number of anilines is 1. The van der Waals surface area contributed by atoms with E-state index in [0.717, 1.165) is 51.0 Å². The van der Waals surface area contributed by atoms with E-state index in [9.17, 15) is 9.18 Å². The smallest absolute Gasteiger partial charge is 0.316 e. The quantitative estimate of drug-likeness (QED) is 0.850. The molecule has 0 aromatic heterocycles. The minimum Gasteiger partial charge on any atom is -0.351 e. The molecule has 0 radical (unpaired) electrons. The zero-order chi connectivity index (χ0) is 18.8. The summed E-state index contributed by atoms with van der Waals surface area (Å²) in [6.45, 7) is 3.21. The molecular formula is C22H26FN3O. The molecule has 3 N–H and O–H groups in total. The standard InChI is InChI=1S/C22H26FN3O/c23-19-6-3-15(4-7-19)16-9-11-26(12-10-16)14-18-2-1-17-5-8-20(13-21(17)18)25-22(24)27/h3-8,13,16,18H,1-2,9-12,14H2,(H3,24,25,27). The summed E-state index contributed by atoms with van der Waals surface area (Å²) >= 11 is 0. The molecule has 1 heterocycles. The summed E-state index contributed by atoms with van der Waals surface area (Å²) in [4.78, 5) is 13.7. The predicted molar refractivity (Wildman–Crippen MR) is 106 cm³/mol. The van der Waals surface area contributed by atoms with E-state index in [-0.39, 0.29) is 5.82 Å². The maximum absolute atomic E-state index is 13.1. The number of halogens is 1. The van der Waals surface area contributed by atoms with Crippen molar-refractivity contribution in [1.82, 2.24) is 4.90 Å². The highest BCUT2D eigenvalue weighted by Gasteiger charge is 2.27. The highest BCUT2D eigenvalue weighted by molar-refractivity contribution is 5.88. The van der Waals surface area contributed by atoms with Crippen molar-refractivity contribution in [1.29, 1.82) is 0 Å². The lowest BCUT2D eigenvalue weighted by Crippen LogP contribution is -2.35. The largest absolute Gasteiger partial charge is 0.351 e. The first-order valence-electron chi connectivity index (χ1n) is 9.75. The van der Waals surface area contributed by atoms with Gasteiger partial charge in [-0.15, -0.1) is 0 Å². The second-order valence-corrected chi connectivity index (χ2v) is 7.76. The van der Waals surface area contributed by atoms with Crippen LogP contribution in [0.1, 0.15) is 47.8 Å². The Balaban J connectivity index is 1.36. The lowest BCUT2D eigenvalue weighted by atomic mass is 9.89. The molecule has 1 atom stereocenters. The van der Waals surface area contributed by atoms with Gasteiger partial charge in [0, 0.05) is 12.2 Å². The average Bonchev–Trinajstić information content (AvgIpc) is 3.05. The van der Waals surface area contributed by atoms with Gasteiger partial charge in [-0.2, -0.15) is 0 Å². The molecule has 27 heavy (non-hydrogen) atoms. The van der Waals surface area contributed by atoms with Gasteiger partial charge in [0.2, 0.25) is 0 Å². The van der Waals surface area contributed by atoms with Crippen LogP contribution in [-0.2, 0) is 6.42 Å². The van der Waals surface area contributed by atoms with Crippen LogP contribution < -0.4 is 11.1 Å². The van der Waals surface area contributed by atoms with Crippen molar-refractivity contribution in [2.45, 2.75) is 37.5 Å². The van der Waals surface area contributed by atoms with Gasteiger partial charge in [-0.1, -0.05) is 18.2 Å². The number of hydrogen-bond acceptors (Lipinski definition) is 2. The molecule has 0 saturated carbocycles. The Bertz CT molecular complexity index is 813. The fourth-order valence-electron chi connectivity index (χ4n) is 4.59. The maximum Gasteiger partial charge on any atom is 0.316 e. The lowest BCUT2D eigenvalue weighted by molar-refractivity contribution is 0.200. The number of amides is 2. The molecule has 2 amide bonds. The number of fused-ring (bicyclic) bond motifs is 1. The molecule has 5 heteroatoms. The molecule has 4 rings (SSSR count). The van der Waals surface area contributed by atoms with Crippen LogP contribution in [-0.4, -0.2) is 30.6 Å². The number of likely N-dealkylation sites (tertiary alicyclic amines) is 1. The number of hydrogen-bond donors (Lipinski definition) is 2. The highest BCUT2D eigenvalue weighted by Crippen LogP contribution is 2.37. The van der Waals surface area contributed by atoms with Gasteiger partial charge in [0.25, 0.3) is 0 Å². The third-order valence-electron chi connectivity index (χ3n) is 6.02. The van der Waals surface area contributed by atoms with Crippen molar-refractivity contribution in [3.05, 3.63) is 65.0 Å². The van der Waals surface area contributed by atoms with Crippen molar-refractivity contribution in [3.8, 4) is 0 Å². The first-order valence-corrected chi connectivity index (χ1v) is 9.75. The minimum atomic E-state index is -0.521. The number of nitrogens with zero attached hydrogens (tertiary/aromatic N) is 1. The topological polar surface area (TPSA) is 58.4 Å². The SMILES string of the molecule is NC(=O)Nc1ccc2c(c1)C(CN1CCC(c3ccc(F)cc3)CC1)CC2. The molecule has 4 nitrogen and oxygen atoms in total. The third-order valence-corrected chi connectivity index (χ3v) is 6.02. The molecular weight excluding hydrogens is 341 g/mol. The fourth-order valence-corrected chi connectivity index (χ4v) is 4.59.